The Morgan fingerprint density at radius 1 is 1.60 bits per heavy atom. The molecule has 1 heteroatoms. The van der Waals surface area contributed by atoms with Gasteiger partial charge in [0.15, 0.2) is 0 Å². The van der Waals surface area contributed by atoms with E-state index < -0.39 is 0 Å². The van der Waals surface area contributed by atoms with Crippen LogP contribution in [-0.4, -0.2) is 0 Å². The van der Waals surface area contributed by atoms with Crippen molar-refractivity contribution in [1.82, 2.24) is 0 Å². The molecule has 0 aromatic heterocycles. The normalized spacial score (nSPS) is 12.6. The van der Waals surface area contributed by atoms with Crippen LogP contribution in [0.25, 0.3) is 0 Å². The van der Waals surface area contributed by atoms with E-state index in [4.69, 9.17) is 5.73 Å². The molecule has 0 aliphatic carbocycles. The lowest BCUT2D eigenvalue weighted by molar-refractivity contribution is 0.877. The summed E-state index contributed by atoms with van der Waals surface area (Å²) in [5.41, 5.74) is 8.01. The molecule has 0 saturated carbocycles. The number of hydrogen-bond acceptors (Lipinski definition) is 1. The maximum atomic E-state index is 5.72. The highest BCUT2D eigenvalue weighted by Gasteiger charge is 1.93. The second-order valence-corrected chi connectivity index (χ2v) is 2.55. The number of hydrogen-bond donors (Lipinski definition) is 1. The zero-order chi connectivity index (χ0) is 7.98. The lowest BCUT2D eigenvalue weighted by atomic mass is 10.1. The lowest BCUT2D eigenvalue weighted by Gasteiger charge is -2.02. The van der Waals surface area contributed by atoms with Crippen molar-refractivity contribution in [1.29, 1.82) is 0 Å². The first kappa shape index (κ1) is 9.28. The van der Waals surface area contributed by atoms with Crippen LogP contribution in [0.1, 0.15) is 33.1 Å². The molecule has 0 aromatic rings. The molecule has 0 amide bonds. The van der Waals surface area contributed by atoms with Crippen molar-refractivity contribution in [2.24, 2.45) is 5.73 Å². The maximum absolute atomic E-state index is 5.72. The van der Waals surface area contributed by atoms with Gasteiger partial charge in [-0.15, -0.1) is 6.58 Å². The number of rotatable bonds is 4. The fourth-order valence-electron chi connectivity index (χ4n) is 0.865. The van der Waals surface area contributed by atoms with Crippen LogP contribution in [0, 0.1) is 0 Å². The van der Waals surface area contributed by atoms with E-state index in [0.717, 1.165) is 18.5 Å². The van der Waals surface area contributed by atoms with Crippen LogP contribution in [0.15, 0.2) is 23.9 Å². The molecule has 0 aromatic carbocycles. The highest BCUT2D eigenvalue weighted by atomic mass is 14.6. The molecule has 0 aliphatic heterocycles. The van der Waals surface area contributed by atoms with Crippen LogP contribution in [-0.2, 0) is 0 Å². The average Bonchev–Trinajstić information content (AvgIpc) is 1.89. The first-order valence-electron chi connectivity index (χ1n) is 3.77. The molecule has 10 heavy (non-hydrogen) atoms. The third kappa shape index (κ3) is 3.33. The number of allylic oxidation sites excluding steroid dienone is 2. The second-order valence-electron chi connectivity index (χ2n) is 2.55. The van der Waals surface area contributed by atoms with Gasteiger partial charge < -0.3 is 5.73 Å². The Morgan fingerprint density at radius 3 is 2.60 bits per heavy atom. The van der Waals surface area contributed by atoms with E-state index in [1.165, 1.54) is 12.0 Å². The van der Waals surface area contributed by atoms with Gasteiger partial charge in [-0.1, -0.05) is 25.0 Å². The Morgan fingerprint density at radius 2 is 2.20 bits per heavy atom. The molecule has 0 saturated heterocycles. The monoisotopic (exact) mass is 139 g/mol. The summed E-state index contributed by atoms with van der Waals surface area (Å²) in [4.78, 5) is 0. The molecule has 0 spiro atoms. The summed E-state index contributed by atoms with van der Waals surface area (Å²) in [5, 5.41) is 0. The molecule has 0 fully saturated rings. The molecule has 58 valence electrons. The molecule has 0 bridgehead atoms. The zero-order valence-corrected chi connectivity index (χ0v) is 6.98. The summed E-state index contributed by atoms with van der Waals surface area (Å²) in [5.74, 6) is 0. The Bertz CT molecular complexity index is 134. The van der Waals surface area contributed by atoms with Gasteiger partial charge in [0.2, 0.25) is 0 Å². The Kier molecular flexibility index (Phi) is 4.73. The SMILES string of the molecule is C=CC/C(N)=C(/C)CCC. The standard InChI is InChI=1S/C9H17N/c1-4-6-8(3)9(10)7-5-2/h5H,2,4,6-7,10H2,1,3H3/b9-8+. The van der Waals surface area contributed by atoms with Gasteiger partial charge in [-0.25, -0.2) is 0 Å². The van der Waals surface area contributed by atoms with Crippen LogP contribution in [0.3, 0.4) is 0 Å². The average molecular weight is 139 g/mol. The van der Waals surface area contributed by atoms with Crippen molar-refractivity contribution < 1.29 is 0 Å². The summed E-state index contributed by atoms with van der Waals surface area (Å²) < 4.78 is 0. The molecule has 0 unspecified atom stereocenters. The van der Waals surface area contributed by atoms with E-state index in [2.05, 4.69) is 20.4 Å². The summed E-state index contributed by atoms with van der Waals surface area (Å²) in [6, 6.07) is 0. The van der Waals surface area contributed by atoms with Gasteiger partial charge in [-0.3, -0.25) is 0 Å². The van der Waals surface area contributed by atoms with Gasteiger partial charge in [0.25, 0.3) is 0 Å². The first-order valence-corrected chi connectivity index (χ1v) is 3.77. The van der Waals surface area contributed by atoms with Gasteiger partial charge in [-0.2, -0.15) is 0 Å². The summed E-state index contributed by atoms with van der Waals surface area (Å²) in [6.07, 6.45) is 4.95. The summed E-state index contributed by atoms with van der Waals surface area (Å²) in [6.45, 7) is 7.87. The van der Waals surface area contributed by atoms with Crippen molar-refractivity contribution in [3.8, 4) is 0 Å². The van der Waals surface area contributed by atoms with Crippen LogP contribution >= 0.6 is 0 Å². The van der Waals surface area contributed by atoms with Gasteiger partial charge in [0.1, 0.15) is 0 Å². The third-order valence-electron chi connectivity index (χ3n) is 1.54. The first-order chi connectivity index (χ1) is 4.72. The molecule has 0 atom stereocenters. The predicted molar refractivity (Wildman–Crippen MR) is 46.6 cm³/mol. The molecule has 0 rings (SSSR count). The Hall–Kier alpha value is -0.720. The third-order valence-corrected chi connectivity index (χ3v) is 1.54. The minimum Gasteiger partial charge on any atom is -0.402 e. The highest BCUT2D eigenvalue weighted by molar-refractivity contribution is 5.10. The van der Waals surface area contributed by atoms with E-state index in [-0.39, 0.29) is 0 Å². The van der Waals surface area contributed by atoms with Crippen molar-refractivity contribution in [3.63, 3.8) is 0 Å². The molecule has 2 N–H and O–H groups in total. The lowest BCUT2D eigenvalue weighted by Crippen LogP contribution is -1.99. The summed E-state index contributed by atoms with van der Waals surface area (Å²) in [7, 11) is 0. The van der Waals surface area contributed by atoms with Crippen molar-refractivity contribution in [2.75, 3.05) is 0 Å². The minimum absolute atomic E-state index is 0.825. The fraction of sp³-hybridized carbons (Fsp3) is 0.556. The van der Waals surface area contributed by atoms with Gasteiger partial charge in [-0.05, 0) is 13.3 Å². The van der Waals surface area contributed by atoms with Crippen LogP contribution in [0.2, 0.25) is 0 Å². The Labute approximate surface area is 63.6 Å². The molecule has 0 aliphatic rings. The molecule has 1 nitrogen and oxygen atoms in total. The molecular weight excluding hydrogens is 122 g/mol. The van der Waals surface area contributed by atoms with Crippen LogP contribution in [0.5, 0.6) is 0 Å². The maximum Gasteiger partial charge on any atom is 0.0108 e. The van der Waals surface area contributed by atoms with E-state index in [1.54, 1.807) is 0 Å². The minimum atomic E-state index is 0.825. The van der Waals surface area contributed by atoms with Crippen LogP contribution in [0.4, 0.5) is 0 Å². The quantitative estimate of drug-likeness (QED) is 0.595. The van der Waals surface area contributed by atoms with Crippen molar-refractivity contribution >= 4 is 0 Å². The van der Waals surface area contributed by atoms with E-state index in [0.29, 0.717) is 0 Å². The zero-order valence-electron chi connectivity index (χ0n) is 6.98. The van der Waals surface area contributed by atoms with E-state index in [9.17, 15) is 0 Å². The Balaban J connectivity index is 3.90. The number of nitrogens with two attached hydrogens (primary N) is 1. The molecular formula is C9H17N. The fourth-order valence-corrected chi connectivity index (χ4v) is 0.865. The smallest absolute Gasteiger partial charge is 0.0108 e. The van der Waals surface area contributed by atoms with Crippen LogP contribution < -0.4 is 5.73 Å². The van der Waals surface area contributed by atoms with E-state index in [1.807, 2.05) is 6.08 Å². The van der Waals surface area contributed by atoms with Gasteiger partial charge >= 0.3 is 0 Å². The van der Waals surface area contributed by atoms with Gasteiger partial charge in [0, 0.05) is 12.1 Å². The van der Waals surface area contributed by atoms with E-state index >= 15 is 0 Å². The second kappa shape index (κ2) is 5.10. The largest absolute Gasteiger partial charge is 0.402 e. The highest BCUT2D eigenvalue weighted by Crippen LogP contribution is 2.08. The molecule has 0 radical (unpaired) electrons. The van der Waals surface area contributed by atoms with Crippen molar-refractivity contribution in [3.05, 3.63) is 23.9 Å². The predicted octanol–water partition coefficient (Wildman–Crippen LogP) is 2.60. The van der Waals surface area contributed by atoms with Crippen molar-refractivity contribution in [2.45, 2.75) is 33.1 Å². The molecule has 0 heterocycles. The summed E-state index contributed by atoms with van der Waals surface area (Å²) >= 11 is 0. The topological polar surface area (TPSA) is 26.0 Å². The van der Waals surface area contributed by atoms with Gasteiger partial charge in [0.05, 0.1) is 0 Å².